The molecule has 1 saturated heterocycles. The van der Waals surface area contributed by atoms with E-state index in [1.54, 1.807) is 4.90 Å². The number of carbonyl (C=O) groups excluding carboxylic acids is 2. The number of rotatable bonds is 5. The summed E-state index contributed by atoms with van der Waals surface area (Å²) in [7, 11) is 0. The largest absolute Gasteiger partial charge is 0.455 e. The van der Waals surface area contributed by atoms with E-state index >= 15 is 0 Å². The van der Waals surface area contributed by atoms with Crippen molar-refractivity contribution in [3.8, 4) is 0 Å². The molecule has 2 heterocycles. The SMILES string of the molecule is CC1CCN(C(=O)COC(=O)CSc2nc3ccccc3o2)CC1. The third-order valence-corrected chi connectivity index (χ3v) is 4.88. The first kappa shape index (κ1) is 16.8. The zero-order chi connectivity index (χ0) is 16.9. The molecule has 7 heteroatoms. The Labute approximate surface area is 144 Å². The molecule has 1 fully saturated rings. The van der Waals surface area contributed by atoms with Gasteiger partial charge in [0, 0.05) is 13.1 Å². The molecule has 0 radical (unpaired) electrons. The van der Waals surface area contributed by atoms with Crippen LogP contribution in [0.25, 0.3) is 11.1 Å². The number of oxazole rings is 1. The zero-order valence-electron chi connectivity index (χ0n) is 13.6. The number of ether oxygens (including phenoxy) is 1. The lowest BCUT2D eigenvalue weighted by Crippen LogP contribution is -2.40. The third-order valence-electron chi connectivity index (χ3n) is 4.08. The van der Waals surface area contributed by atoms with Gasteiger partial charge in [0.05, 0.1) is 0 Å². The van der Waals surface area contributed by atoms with E-state index in [2.05, 4.69) is 11.9 Å². The number of esters is 1. The molecule has 1 aromatic carbocycles. The normalized spacial score (nSPS) is 15.6. The van der Waals surface area contributed by atoms with Gasteiger partial charge in [0.2, 0.25) is 0 Å². The van der Waals surface area contributed by atoms with Crippen LogP contribution in [0.3, 0.4) is 0 Å². The van der Waals surface area contributed by atoms with Gasteiger partial charge in [-0.2, -0.15) is 0 Å². The summed E-state index contributed by atoms with van der Waals surface area (Å²) in [6.07, 6.45) is 2.01. The van der Waals surface area contributed by atoms with Crippen molar-refractivity contribution in [1.82, 2.24) is 9.88 Å². The van der Waals surface area contributed by atoms with Gasteiger partial charge < -0.3 is 14.1 Å². The maximum Gasteiger partial charge on any atom is 0.316 e. The molecule has 0 spiro atoms. The van der Waals surface area contributed by atoms with Crippen molar-refractivity contribution in [3.63, 3.8) is 0 Å². The van der Waals surface area contributed by atoms with Crippen molar-refractivity contribution < 1.29 is 18.7 Å². The smallest absolute Gasteiger partial charge is 0.316 e. The molecule has 1 aliphatic rings. The molecule has 0 saturated carbocycles. The van der Waals surface area contributed by atoms with Gasteiger partial charge in [-0.15, -0.1) is 0 Å². The Balaban J connectivity index is 1.41. The van der Waals surface area contributed by atoms with Crippen LogP contribution in [0.1, 0.15) is 19.8 Å². The lowest BCUT2D eigenvalue weighted by atomic mass is 9.99. The number of para-hydroxylation sites is 2. The van der Waals surface area contributed by atoms with Gasteiger partial charge in [-0.1, -0.05) is 30.8 Å². The summed E-state index contributed by atoms with van der Waals surface area (Å²) in [6, 6.07) is 7.41. The van der Waals surface area contributed by atoms with Gasteiger partial charge in [0.25, 0.3) is 11.1 Å². The van der Waals surface area contributed by atoms with Crippen LogP contribution in [0.15, 0.2) is 33.9 Å². The number of hydrogen-bond acceptors (Lipinski definition) is 6. The van der Waals surface area contributed by atoms with Gasteiger partial charge in [-0.3, -0.25) is 9.59 Å². The number of piperidine rings is 1. The average molecular weight is 348 g/mol. The van der Waals surface area contributed by atoms with E-state index in [9.17, 15) is 9.59 Å². The molecule has 1 amide bonds. The number of benzene rings is 1. The van der Waals surface area contributed by atoms with Crippen LogP contribution in [-0.4, -0.2) is 47.2 Å². The summed E-state index contributed by atoms with van der Waals surface area (Å²) in [5, 5.41) is 0.421. The minimum Gasteiger partial charge on any atom is -0.455 e. The standard InChI is InChI=1S/C17H20N2O4S/c1-12-6-8-19(9-7-12)15(20)10-22-16(21)11-24-17-18-13-4-2-3-5-14(13)23-17/h2-5,12H,6-11H2,1H3. The first-order valence-corrected chi connectivity index (χ1v) is 9.02. The van der Waals surface area contributed by atoms with E-state index in [0.29, 0.717) is 16.7 Å². The van der Waals surface area contributed by atoms with Crippen molar-refractivity contribution in [3.05, 3.63) is 24.3 Å². The van der Waals surface area contributed by atoms with Crippen molar-refractivity contribution >= 4 is 34.7 Å². The number of nitrogens with zero attached hydrogens (tertiary/aromatic N) is 2. The quantitative estimate of drug-likeness (QED) is 0.611. The summed E-state index contributed by atoms with van der Waals surface area (Å²) in [6.45, 7) is 3.48. The molecule has 3 rings (SSSR count). The van der Waals surface area contributed by atoms with E-state index in [0.717, 1.165) is 43.2 Å². The van der Waals surface area contributed by atoms with Crippen LogP contribution in [0.4, 0.5) is 0 Å². The maximum absolute atomic E-state index is 12.0. The Morgan fingerprint density at radius 1 is 1.33 bits per heavy atom. The Hall–Kier alpha value is -2.02. The molecule has 0 bridgehead atoms. The summed E-state index contributed by atoms with van der Waals surface area (Å²) in [5.74, 6) is 0.157. The Morgan fingerprint density at radius 3 is 2.83 bits per heavy atom. The van der Waals surface area contributed by atoms with Crippen LogP contribution < -0.4 is 0 Å². The van der Waals surface area contributed by atoms with Crippen LogP contribution in [0, 0.1) is 5.92 Å². The molecule has 6 nitrogen and oxygen atoms in total. The molecular weight excluding hydrogens is 328 g/mol. The van der Waals surface area contributed by atoms with E-state index < -0.39 is 5.97 Å². The number of thioether (sulfide) groups is 1. The van der Waals surface area contributed by atoms with E-state index in [-0.39, 0.29) is 18.3 Å². The second-order valence-corrected chi connectivity index (χ2v) is 6.89. The molecule has 0 N–H and O–H groups in total. The highest BCUT2D eigenvalue weighted by atomic mass is 32.2. The monoisotopic (exact) mass is 348 g/mol. The number of aromatic nitrogens is 1. The van der Waals surface area contributed by atoms with Crippen LogP contribution >= 0.6 is 11.8 Å². The topological polar surface area (TPSA) is 72.6 Å². The fourth-order valence-corrected chi connectivity index (χ4v) is 3.20. The summed E-state index contributed by atoms with van der Waals surface area (Å²) < 4.78 is 10.6. The second kappa shape index (κ2) is 7.70. The first-order chi connectivity index (χ1) is 11.6. The first-order valence-electron chi connectivity index (χ1n) is 8.03. The van der Waals surface area contributed by atoms with Crippen molar-refractivity contribution in [2.45, 2.75) is 25.0 Å². The molecule has 1 aliphatic heterocycles. The Morgan fingerprint density at radius 2 is 2.08 bits per heavy atom. The number of hydrogen-bond donors (Lipinski definition) is 0. The predicted molar refractivity (Wildman–Crippen MR) is 90.7 cm³/mol. The van der Waals surface area contributed by atoms with Crippen molar-refractivity contribution in [1.29, 1.82) is 0 Å². The molecule has 0 aliphatic carbocycles. The molecular formula is C17H20N2O4S. The van der Waals surface area contributed by atoms with Crippen molar-refractivity contribution in [2.24, 2.45) is 5.92 Å². The predicted octanol–water partition coefficient (Wildman–Crippen LogP) is 2.72. The van der Waals surface area contributed by atoms with Crippen LogP contribution in [-0.2, 0) is 14.3 Å². The highest BCUT2D eigenvalue weighted by Gasteiger charge is 2.21. The number of carbonyl (C=O) groups is 2. The Bertz CT molecular complexity index is 689. The van der Waals surface area contributed by atoms with Gasteiger partial charge in [0.15, 0.2) is 12.2 Å². The number of likely N-dealkylation sites (tertiary alicyclic amines) is 1. The molecule has 24 heavy (non-hydrogen) atoms. The summed E-state index contributed by atoms with van der Waals surface area (Å²) in [4.78, 5) is 29.8. The fourth-order valence-electron chi connectivity index (χ4n) is 2.57. The third kappa shape index (κ3) is 4.29. The molecule has 0 unspecified atom stereocenters. The zero-order valence-corrected chi connectivity index (χ0v) is 14.4. The Kier molecular flexibility index (Phi) is 5.40. The fraction of sp³-hybridized carbons (Fsp3) is 0.471. The van der Waals surface area contributed by atoms with Gasteiger partial charge >= 0.3 is 5.97 Å². The molecule has 2 aromatic rings. The molecule has 0 atom stereocenters. The van der Waals surface area contributed by atoms with E-state index in [1.807, 2.05) is 24.3 Å². The van der Waals surface area contributed by atoms with E-state index in [4.69, 9.17) is 9.15 Å². The minimum atomic E-state index is -0.444. The lowest BCUT2D eigenvalue weighted by molar-refractivity contribution is -0.150. The highest BCUT2D eigenvalue weighted by molar-refractivity contribution is 7.99. The van der Waals surface area contributed by atoms with Crippen molar-refractivity contribution in [2.75, 3.05) is 25.4 Å². The van der Waals surface area contributed by atoms with E-state index in [1.165, 1.54) is 0 Å². The number of amides is 1. The van der Waals surface area contributed by atoms with Crippen LogP contribution in [0.5, 0.6) is 0 Å². The number of fused-ring (bicyclic) bond motifs is 1. The highest BCUT2D eigenvalue weighted by Crippen LogP contribution is 2.23. The molecule has 128 valence electrons. The average Bonchev–Trinajstić information content (AvgIpc) is 3.01. The molecule has 1 aromatic heterocycles. The van der Waals surface area contributed by atoms with Gasteiger partial charge in [-0.25, -0.2) is 4.98 Å². The summed E-state index contributed by atoms with van der Waals surface area (Å²) >= 11 is 1.16. The van der Waals surface area contributed by atoms with Gasteiger partial charge in [0.1, 0.15) is 11.3 Å². The van der Waals surface area contributed by atoms with Crippen LogP contribution in [0.2, 0.25) is 0 Å². The minimum absolute atomic E-state index is 0.0666. The summed E-state index contributed by atoms with van der Waals surface area (Å²) in [5.41, 5.74) is 1.44. The lowest BCUT2D eigenvalue weighted by Gasteiger charge is -2.30. The maximum atomic E-state index is 12.0. The second-order valence-electron chi connectivity index (χ2n) is 5.96. The van der Waals surface area contributed by atoms with Gasteiger partial charge in [-0.05, 0) is 30.9 Å².